The molecule has 0 bridgehead atoms. The van der Waals surface area contributed by atoms with Crippen molar-refractivity contribution in [3.63, 3.8) is 0 Å². The summed E-state index contributed by atoms with van der Waals surface area (Å²) < 4.78 is 0. The van der Waals surface area contributed by atoms with Gasteiger partial charge in [-0.05, 0) is 44.2 Å². The quantitative estimate of drug-likeness (QED) is 0.897. The lowest BCUT2D eigenvalue weighted by Crippen LogP contribution is -2.18. The molecule has 0 saturated heterocycles. The van der Waals surface area contributed by atoms with E-state index in [1.54, 1.807) is 0 Å². The molecule has 1 heterocycles. The fourth-order valence-electron chi connectivity index (χ4n) is 3.00. The number of rotatable bonds is 4. The van der Waals surface area contributed by atoms with Crippen LogP contribution in [0.3, 0.4) is 0 Å². The minimum Gasteiger partial charge on any atom is -0.370 e. The van der Waals surface area contributed by atoms with Gasteiger partial charge in [0.15, 0.2) is 0 Å². The van der Waals surface area contributed by atoms with E-state index in [9.17, 15) is 0 Å². The van der Waals surface area contributed by atoms with E-state index in [1.165, 1.54) is 24.0 Å². The summed E-state index contributed by atoms with van der Waals surface area (Å²) in [6.45, 7) is 4.87. The Balaban J connectivity index is 1.84. The van der Waals surface area contributed by atoms with E-state index in [-0.39, 0.29) is 0 Å². The number of fused-ring (bicyclic) bond motifs is 1. The Bertz CT molecular complexity index is 624. The first-order chi connectivity index (χ1) is 10.3. The van der Waals surface area contributed by atoms with Crippen molar-refractivity contribution >= 4 is 11.6 Å². The monoisotopic (exact) mass is 282 g/mol. The number of benzene rings is 1. The third-order valence-corrected chi connectivity index (χ3v) is 3.89. The van der Waals surface area contributed by atoms with Crippen molar-refractivity contribution in [1.29, 1.82) is 0 Å². The molecule has 2 N–H and O–H groups in total. The van der Waals surface area contributed by atoms with Crippen LogP contribution in [-0.2, 0) is 6.42 Å². The molecule has 1 aromatic carbocycles. The number of nitrogens with zero attached hydrogens (tertiary/aromatic N) is 2. The van der Waals surface area contributed by atoms with Gasteiger partial charge in [0.2, 0.25) is 0 Å². The standard InChI is InChI=1S/C17H22N4/c1-3-18-16-11-17(20-12(2)19-16)21-15-10-6-8-13-7-4-5-9-14(13)15/h4-5,7,9,11,15H,3,6,8,10H2,1-2H3,(H2,18,19,20,21). The fourth-order valence-corrected chi connectivity index (χ4v) is 3.00. The largest absolute Gasteiger partial charge is 0.370 e. The summed E-state index contributed by atoms with van der Waals surface area (Å²) in [5.74, 6) is 2.58. The van der Waals surface area contributed by atoms with Gasteiger partial charge in [0.1, 0.15) is 17.5 Å². The van der Waals surface area contributed by atoms with Crippen molar-refractivity contribution in [2.75, 3.05) is 17.2 Å². The molecule has 0 aliphatic heterocycles. The second kappa shape index (κ2) is 6.12. The molecule has 1 aliphatic rings. The molecule has 0 saturated carbocycles. The van der Waals surface area contributed by atoms with Crippen molar-refractivity contribution in [3.8, 4) is 0 Å². The summed E-state index contributed by atoms with van der Waals surface area (Å²) in [5.41, 5.74) is 2.86. The molecule has 1 aliphatic carbocycles. The van der Waals surface area contributed by atoms with E-state index in [0.29, 0.717) is 6.04 Å². The third-order valence-electron chi connectivity index (χ3n) is 3.89. The molecule has 0 amide bonds. The topological polar surface area (TPSA) is 49.8 Å². The molecule has 1 atom stereocenters. The number of nitrogens with one attached hydrogen (secondary N) is 2. The number of aryl methyl sites for hydroxylation is 2. The van der Waals surface area contributed by atoms with Crippen LogP contribution >= 0.6 is 0 Å². The lowest BCUT2D eigenvalue weighted by atomic mass is 9.88. The van der Waals surface area contributed by atoms with Crippen molar-refractivity contribution < 1.29 is 0 Å². The Labute approximate surface area is 126 Å². The highest BCUT2D eigenvalue weighted by Gasteiger charge is 2.20. The fraction of sp³-hybridized carbons (Fsp3) is 0.412. The second-order valence-electron chi connectivity index (χ2n) is 5.50. The first kappa shape index (κ1) is 13.9. The van der Waals surface area contributed by atoms with Crippen LogP contribution in [0.1, 0.15) is 42.8 Å². The Morgan fingerprint density at radius 2 is 2.00 bits per heavy atom. The molecule has 3 rings (SSSR count). The van der Waals surface area contributed by atoms with Gasteiger partial charge in [-0.2, -0.15) is 0 Å². The van der Waals surface area contributed by atoms with Crippen LogP contribution < -0.4 is 10.6 Å². The van der Waals surface area contributed by atoms with E-state index >= 15 is 0 Å². The number of hydrogen-bond donors (Lipinski definition) is 2. The van der Waals surface area contributed by atoms with Gasteiger partial charge < -0.3 is 10.6 Å². The molecule has 21 heavy (non-hydrogen) atoms. The van der Waals surface area contributed by atoms with Crippen molar-refractivity contribution in [2.45, 2.75) is 39.2 Å². The smallest absolute Gasteiger partial charge is 0.132 e. The maximum atomic E-state index is 4.52. The van der Waals surface area contributed by atoms with Gasteiger partial charge in [0.05, 0.1) is 6.04 Å². The molecule has 4 nitrogen and oxygen atoms in total. The zero-order valence-electron chi connectivity index (χ0n) is 12.7. The normalized spacial score (nSPS) is 17.1. The first-order valence-electron chi connectivity index (χ1n) is 7.70. The maximum Gasteiger partial charge on any atom is 0.132 e. The molecular weight excluding hydrogens is 260 g/mol. The second-order valence-corrected chi connectivity index (χ2v) is 5.50. The van der Waals surface area contributed by atoms with Gasteiger partial charge in [-0.3, -0.25) is 0 Å². The number of aromatic nitrogens is 2. The van der Waals surface area contributed by atoms with Crippen LogP contribution in [0.25, 0.3) is 0 Å². The SMILES string of the molecule is CCNc1cc(NC2CCCc3ccccc32)nc(C)n1. The molecule has 1 unspecified atom stereocenters. The minimum atomic E-state index is 0.346. The zero-order chi connectivity index (χ0) is 14.7. The van der Waals surface area contributed by atoms with E-state index < -0.39 is 0 Å². The average molecular weight is 282 g/mol. The average Bonchev–Trinajstić information content (AvgIpc) is 2.47. The van der Waals surface area contributed by atoms with Crippen LogP contribution in [0.5, 0.6) is 0 Å². The van der Waals surface area contributed by atoms with Crippen LogP contribution in [0, 0.1) is 6.92 Å². The number of anilines is 2. The van der Waals surface area contributed by atoms with E-state index in [4.69, 9.17) is 0 Å². The first-order valence-corrected chi connectivity index (χ1v) is 7.70. The summed E-state index contributed by atoms with van der Waals surface area (Å²) in [6.07, 6.45) is 3.55. The summed E-state index contributed by atoms with van der Waals surface area (Å²) in [6, 6.07) is 11.0. The van der Waals surface area contributed by atoms with Crippen LogP contribution in [0.2, 0.25) is 0 Å². The molecule has 0 radical (unpaired) electrons. The van der Waals surface area contributed by atoms with Gasteiger partial charge in [-0.25, -0.2) is 9.97 Å². The van der Waals surface area contributed by atoms with Crippen molar-refractivity contribution in [1.82, 2.24) is 9.97 Å². The molecular formula is C17H22N4. The van der Waals surface area contributed by atoms with Gasteiger partial charge >= 0.3 is 0 Å². The minimum absolute atomic E-state index is 0.346. The highest BCUT2D eigenvalue weighted by molar-refractivity contribution is 5.49. The molecule has 4 heteroatoms. The Morgan fingerprint density at radius 3 is 2.86 bits per heavy atom. The summed E-state index contributed by atoms with van der Waals surface area (Å²) >= 11 is 0. The van der Waals surface area contributed by atoms with Gasteiger partial charge in [0, 0.05) is 12.6 Å². The lowest BCUT2D eigenvalue weighted by molar-refractivity contribution is 0.598. The lowest BCUT2D eigenvalue weighted by Gasteiger charge is -2.27. The van der Waals surface area contributed by atoms with E-state index in [1.807, 2.05) is 13.0 Å². The molecule has 0 spiro atoms. The van der Waals surface area contributed by atoms with E-state index in [2.05, 4.69) is 51.8 Å². The third kappa shape index (κ3) is 3.15. The summed E-state index contributed by atoms with van der Waals surface area (Å²) in [4.78, 5) is 8.92. The summed E-state index contributed by atoms with van der Waals surface area (Å²) in [7, 11) is 0. The zero-order valence-corrected chi connectivity index (χ0v) is 12.7. The predicted octanol–water partition coefficient (Wildman–Crippen LogP) is 3.71. The Kier molecular flexibility index (Phi) is 4.04. The van der Waals surface area contributed by atoms with E-state index in [0.717, 1.165) is 30.4 Å². The Morgan fingerprint density at radius 1 is 1.19 bits per heavy atom. The maximum absolute atomic E-state index is 4.52. The van der Waals surface area contributed by atoms with Crippen LogP contribution in [0.4, 0.5) is 11.6 Å². The van der Waals surface area contributed by atoms with Gasteiger partial charge in [-0.1, -0.05) is 24.3 Å². The predicted molar refractivity (Wildman–Crippen MR) is 86.7 cm³/mol. The van der Waals surface area contributed by atoms with Crippen molar-refractivity contribution in [3.05, 3.63) is 47.3 Å². The molecule has 110 valence electrons. The highest BCUT2D eigenvalue weighted by Crippen LogP contribution is 2.32. The van der Waals surface area contributed by atoms with Crippen LogP contribution in [0.15, 0.2) is 30.3 Å². The highest BCUT2D eigenvalue weighted by atomic mass is 15.1. The van der Waals surface area contributed by atoms with Crippen molar-refractivity contribution in [2.24, 2.45) is 0 Å². The Hall–Kier alpha value is -2.10. The van der Waals surface area contributed by atoms with Crippen LogP contribution in [-0.4, -0.2) is 16.5 Å². The molecule has 2 aromatic rings. The molecule has 0 fully saturated rings. The van der Waals surface area contributed by atoms with Gasteiger partial charge in [0.25, 0.3) is 0 Å². The number of hydrogen-bond acceptors (Lipinski definition) is 4. The summed E-state index contributed by atoms with van der Waals surface area (Å²) in [5, 5.41) is 6.84. The van der Waals surface area contributed by atoms with Gasteiger partial charge in [-0.15, -0.1) is 0 Å². The molecule has 1 aromatic heterocycles.